The quantitative estimate of drug-likeness (QED) is 0.642. The Morgan fingerprint density at radius 2 is 2.33 bits per heavy atom. The maximum absolute atomic E-state index is 5.20. The lowest BCUT2D eigenvalue weighted by atomic mass is 10.4. The molecule has 2 heterocycles. The lowest BCUT2D eigenvalue weighted by Gasteiger charge is -2.16. The summed E-state index contributed by atoms with van der Waals surface area (Å²) in [5.74, 6) is 1.29. The van der Waals surface area contributed by atoms with Crippen LogP contribution in [-0.4, -0.2) is 35.2 Å². The predicted molar refractivity (Wildman–Crippen MR) is 72.6 cm³/mol. The number of hydrogen-bond donors (Lipinski definition) is 1. The molecular formula is C12H17N5O. The maximum atomic E-state index is 5.20. The predicted octanol–water partition coefficient (Wildman–Crippen LogP) is 1.56. The molecule has 2 aromatic rings. The summed E-state index contributed by atoms with van der Waals surface area (Å²) >= 11 is 0. The smallest absolute Gasteiger partial charge is 0.227 e. The standard InChI is InChI=1S/C12H17N5O/c1-5-7-13-12-14-10-9(6-8-16(10)2)11(15-12)17(3)18-4/h5-6,8H,1,7H2,2-4H3,(H,13,14,15). The molecule has 96 valence electrons. The van der Waals surface area contributed by atoms with Crippen molar-refractivity contribution < 1.29 is 4.84 Å². The second-order valence-electron chi connectivity index (χ2n) is 3.88. The Kier molecular flexibility index (Phi) is 3.47. The zero-order valence-electron chi connectivity index (χ0n) is 10.8. The lowest BCUT2D eigenvalue weighted by Crippen LogP contribution is -2.18. The SMILES string of the molecule is C=CCNc1nc(N(C)OC)c2ccn(C)c2n1. The Morgan fingerprint density at radius 3 is 3.00 bits per heavy atom. The second-order valence-corrected chi connectivity index (χ2v) is 3.88. The third-order valence-corrected chi connectivity index (χ3v) is 2.68. The van der Waals surface area contributed by atoms with Gasteiger partial charge in [-0.1, -0.05) is 6.08 Å². The van der Waals surface area contributed by atoms with Crippen molar-refractivity contribution in [3.63, 3.8) is 0 Å². The van der Waals surface area contributed by atoms with Gasteiger partial charge < -0.3 is 9.88 Å². The fourth-order valence-electron chi connectivity index (χ4n) is 1.69. The van der Waals surface area contributed by atoms with Crippen LogP contribution in [0, 0.1) is 0 Å². The first-order valence-corrected chi connectivity index (χ1v) is 5.63. The van der Waals surface area contributed by atoms with E-state index in [0.29, 0.717) is 12.5 Å². The molecule has 0 fully saturated rings. The molecule has 0 radical (unpaired) electrons. The van der Waals surface area contributed by atoms with E-state index in [1.807, 2.05) is 30.9 Å². The molecule has 0 amide bonds. The molecule has 0 aromatic carbocycles. The van der Waals surface area contributed by atoms with Crippen molar-refractivity contribution in [2.75, 3.05) is 31.1 Å². The van der Waals surface area contributed by atoms with E-state index in [4.69, 9.17) is 4.84 Å². The topological polar surface area (TPSA) is 55.2 Å². The van der Waals surface area contributed by atoms with Gasteiger partial charge in [-0.2, -0.15) is 9.97 Å². The molecule has 2 rings (SSSR count). The fraction of sp³-hybridized carbons (Fsp3) is 0.333. The number of anilines is 2. The van der Waals surface area contributed by atoms with Crippen LogP contribution in [0.15, 0.2) is 24.9 Å². The van der Waals surface area contributed by atoms with E-state index in [1.165, 1.54) is 0 Å². The van der Waals surface area contributed by atoms with Gasteiger partial charge >= 0.3 is 0 Å². The third kappa shape index (κ3) is 2.14. The van der Waals surface area contributed by atoms with Gasteiger partial charge in [0.2, 0.25) is 5.95 Å². The Bertz CT molecular complexity index is 563. The van der Waals surface area contributed by atoms with Crippen LogP contribution in [0.5, 0.6) is 0 Å². The molecule has 0 saturated carbocycles. The Balaban J connectivity index is 2.54. The normalized spacial score (nSPS) is 10.6. The first-order valence-electron chi connectivity index (χ1n) is 5.63. The van der Waals surface area contributed by atoms with E-state index in [0.717, 1.165) is 16.9 Å². The van der Waals surface area contributed by atoms with Crippen LogP contribution in [0.1, 0.15) is 0 Å². The summed E-state index contributed by atoms with van der Waals surface area (Å²) in [7, 11) is 5.36. The Labute approximate surface area is 106 Å². The van der Waals surface area contributed by atoms with Crippen LogP contribution in [0.25, 0.3) is 11.0 Å². The summed E-state index contributed by atoms with van der Waals surface area (Å²) in [4.78, 5) is 14.1. The fourth-order valence-corrected chi connectivity index (χ4v) is 1.69. The van der Waals surface area contributed by atoms with Gasteiger partial charge in [-0.15, -0.1) is 6.58 Å². The Hall–Kier alpha value is -2.08. The number of hydrogen-bond acceptors (Lipinski definition) is 5. The molecule has 0 aliphatic carbocycles. The minimum Gasteiger partial charge on any atom is -0.351 e. The second kappa shape index (κ2) is 5.05. The van der Waals surface area contributed by atoms with Crippen LogP contribution in [0.2, 0.25) is 0 Å². The summed E-state index contributed by atoms with van der Waals surface area (Å²) in [5.41, 5.74) is 0.857. The van der Waals surface area contributed by atoms with Crippen LogP contribution in [0.4, 0.5) is 11.8 Å². The molecule has 0 unspecified atom stereocenters. The van der Waals surface area contributed by atoms with E-state index in [9.17, 15) is 0 Å². The Morgan fingerprint density at radius 1 is 1.56 bits per heavy atom. The highest BCUT2D eigenvalue weighted by Gasteiger charge is 2.13. The number of hydroxylamine groups is 1. The highest BCUT2D eigenvalue weighted by molar-refractivity contribution is 5.88. The average molecular weight is 247 g/mol. The molecule has 0 aliphatic rings. The number of rotatable bonds is 5. The molecule has 6 nitrogen and oxygen atoms in total. The van der Waals surface area contributed by atoms with Gasteiger partial charge in [0, 0.05) is 26.8 Å². The number of fused-ring (bicyclic) bond motifs is 1. The molecule has 2 aromatic heterocycles. The molecule has 0 saturated heterocycles. The summed E-state index contributed by atoms with van der Waals surface area (Å²) in [6, 6.07) is 1.97. The minimum absolute atomic E-state index is 0.558. The maximum Gasteiger partial charge on any atom is 0.227 e. The van der Waals surface area contributed by atoms with Crippen LogP contribution in [0.3, 0.4) is 0 Å². The average Bonchev–Trinajstić information content (AvgIpc) is 2.76. The summed E-state index contributed by atoms with van der Waals surface area (Å²) in [6.07, 6.45) is 3.71. The minimum atomic E-state index is 0.558. The zero-order chi connectivity index (χ0) is 13.1. The highest BCUT2D eigenvalue weighted by Crippen LogP contribution is 2.25. The monoisotopic (exact) mass is 247 g/mol. The first-order chi connectivity index (χ1) is 8.67. The van der Waals surface area contributed by atoms with Gasteiger partial charge in [-0.05, 0) is 6.07 Å². The number of aromatic nitrogens is 3. The van der Waals surface area contributed by atoms with Crippen molar-refractivity contribution in [3.05, 3.63) is 24.9 Å². The molecule has 0 atom stereocenters. The number of aryl methyl sites for hydroxylation is 1. The van der Waals surface area contributed by atoms with Crippen molar-refractivity contribution in [2.45, 2.75) is 0 Å². The van der Waals surface area contributed by atoms with Gasteiger partial charge in [0.25, 0.3) is 0 Å². The van der Waals surface area contributed by atoms with Crippen molar-refractivity contribution in [3.8, 4) is 0 Å². The van der Waals surface area contributed by atoms with Gasteiger partial charge in [0.1, 0.15) is 5.65 Å². The van der Waals surface area contributed by atoms with Gasteiger partial charge in [0.15, 0.2) is 5.82 Å². The van der Waals surface area contributed by atoms with E-state index >= 15 is 0 Å². The number of nitrogens with zero attached hydrogens (tertiary/aromatic N) is 4. The molecule has 6 heteroatoms. The summed E-state index contributed by atoms with van der Waals surface area (Å²) in [6.45, 7) is 4.28. The molecular weight excluding hydrogens is 230 g/mol. The summed E-state index contributed by atoms with van der Waals surface area (Å²) in [5, 5.41) is 5.65. The molecule has 0 aliphatic heterocycles. The van der Waals surface area contributed by atoms with Gasteiger partial charge in [-0.25, -0.2) is 5.06 Å². The zero-order valence-corrected chi connectivity index (χ0v) is 10.8. The largest absolute Gasteiger partial charge is 0.351 e. The molecule has 0 bridgehead atoms. The van der Waals surface area contributed by atoms with Gasteiger partial charge in [-0.3, -0.25) is 4.84 Å². The van der Waals surface area contributed by atoms with E-state index < -0.39 is 0 Å². The van der Waals surface area contributed by atoms with Crippen molar-refractivity contribution >= 4 is 22.8 Å². The third-order valence-electron chi connectivity index (χ3n) is 2.68. The van der Waals surface area contributed by atoms with E-state index in [1.54, 1.807) is 18.2 Å². The van der Waals surface area contributed by atoms with Gasteiger partial charge in [0.05, 0.1) is 12.5 Å². The van der Waals surface area contributed by atoms with Crippen LogP contribution < -0.4 is 10.4 Å². The summed E-state index contributed by atoms with van der Waals surface area (Å²) < 4.78 is 1.95. The first kappa shape index (κ1) is 12.4. The van der Waals surface area contributed by atoms with E-state index in [-0.39, 0.29) is 0 Å². The number of nitrogens with one attached hydrogen (secondary N) is 1. The highest BCUT2D eigenvalue weighted by atomic mass is 16.7. The van der Waals surface area contributed by atoms with Crippen LogP contribution in [-0.2, 0) is 11.9 Å². The van der Waals surface area contributed by atoms with Crippen molar-refractivity contribution in [2.24, 2.45) is 7.05 Å². The van der Waals surface area contributed by atoms with Crippen molar-refractivity contribution in [1.82, 2.24) is 14.5 Å². The molecule has 0 spiro atoms. The lowest BCUT2D eigenvalue weighted by molar-refractivity contribution is 0.183. The molecule has 1 N–H and O–H groups in total. The van der Waals surface area contributed by atoms with Crippen molar-refractivity contribution in [1.29, 1.82) is 0 Å². The molecule has 18 heavy (non-hydrogen) atoms. The van der Waals surface area contributed by atoms with E-state index in [2.05, 4.69) is 21.9 Å². The van der Waals surface area contributed by atoms with Crippen LogP contribution >= 0.6 is 0 Å².